The van der Waals surface area contributed by atoms with Gasteiger partial charge in [-0.3, -0.25) is 0 Å². The molecule has 1 nitrogen and oxygen atoms in total. The molecule has 0 unspecified atom stereocenters. The lowest BCUT2D eigenvalue weighted by atomic mass is 10.4. The van der Waals surface area contributed by atoms with Crippen LogP contribution in [0.3, 0.4) is 0 Å². The van der Waals surface area contributed by atoms with Crippen molar-refractivity contribution in [2.75, 3.05) is 6.61 Å². The summed E-state index contributed by atoms with van der Waals surface area (Å²) in [4.78, 5) is 0. The zero-order valence-corrected chi connectivity index (χ0v) is 5.07. The summed E-state index contributed by atoms with van der Waals surface area (Å²) in [7, 11) is 0. The Labute approximate surface area is 45.8 Å². The van der Waals surface area contributed by atoms with Crippen molar-refractivity contribution >= 4 is 13.5 Å². The van der Waals surface area contributed by atoms with Crippen molar-refractivity contribution in [3.63, 3.8) is 0 Å². The molecule has 0 saturated heterocycles. The van der Waals surface area contributed by atoms with Crippen LogP contribution in [-0.2, 0) is 0 Å². The predicted molar refractivity (Wildman–Crippen MR) is 32.4 cm³/mol. The number of aliphatic hydroxyl groups excluding tert-OH is 1. The average molecular weight is 108 g/mol. The van der Waals surface area contributed by atoms with E-state index in [2.05, 4.69) is 6.92 Å². The molecule has 0 atom stereocenters. The van der Waals surface area contributed by atoms with E-state index in [0.29, 0.717) is 6.61 Å². The van der Waals surface area contributed by atoms with E-state index in [4.69, 9.17) is 5.11 Å². The summed E-state index contributed by atoms with van der Waals surface area (Å²) in [6.45, 7) is 2.40. The van der Waals surface area contributed by atoms with E-state index in [0.717, 1.165) is 12.8 Å². The minimum atomic E-state index is 0. The first-order valence-corrected chi connectivity index (χ1v) is 2.02. The van der Waals surface area contributed by atoms with Crippen LogP contribution in [0.5, 0.6) is 0 Å². The van der Waals surface area contributed by atoms with Crippen molar-refractivity contribution in [3.05, 3.63) is 0 Å². The van der Waals surface area contributed by atoms with E-state index in [1.807, 2.05) is 0 Å². The Morgan fingerprint density at radius 3 is 2.00 bits per heavy atom. The SMILES string of the molecule is CCCCO.S. The van der Waals surface area contributed by atoms with E-state index in [-0.39, 0.29) is 13.5 Å². The Morgan fingerprint density at radius 1 is 1.50 bits per heavy atom. The van der Waals surface area contributed by atoms with Crippen LogP contribution in [0.4, 0.5) is 0 Å². The van der Waals surface area contributed by atoms with Crippen LogP contribution in [0.15, 0.2) is 0 Å². The van der Waals surface area contributed by atoms with Crippen molar-refractivity contribution in [1.82, 2.24) is 0 Å². The van der Waals surface area contributed by atoms with Gasteiger partial charge in [0, 0.05) is 6.61 Å². The maximum Gasteiger partial charge on any atom is 0.0430 e. The molecule has 6 heavy (non-hydrogen) atoms. The highest BCUT2D eigenvalue weighted by molar-refractivity contribution is 7.59. The summed E-state index contributed by atoms with van der Waals surface area (Å²) in [5, 5.41) is 8.07. The van der Waals surface area contributed by atoms with E-state index in [1.165, 1.54) is 0 Å². The first kappa shape index (κ1) is 9.58. The van der Waals surface area contributed by atoms with Gasteiger partial charge in [0.15, 0.2) is 0 Å². The van der Waals surface area contributed by atoms with Crippen LogP contribution in [-0.4, -0.2) is 11.7 Å². The number of rotatable bonds is 2. The second kappa shape index (κ2) is 9.00. The zero-order chi connectivity index (χ0) is 4.12. The highest BCUT2D eigenvalue weighted by Crippen LogP contribution is 1.78. The smallest absolute Gasteiger partial charge is 0.0430 e. The van der Waals surface area contributed by atoms with Crippen molar-refractivity contribution in [2.24, 2.45) is 0 Å². The Hall–Kier alpha value is 0.310. The molecule has 40 valence electrons. The van der Waals surface area contributed by atoms with E-state index in [9.17, 15) is 0 Å². The van der Waals surface area contributed by atoms with E-state index >= 15 is 0 Å². The minimum absolute atomic E-state index is 0. The largest absolute Gasteiger partial charge is 0.396 e. The highest BCUT2D eigenvalue weighted by atomic mass is 32.1. The molecule has 0 aromatic carbocycles. The molecular weight excluding hydrogens is 96.1 g/mol. The van der Waals surface area contributed by atoms with Crippen LogP contribution in [0, 0.1) is 0 Å². The molecule has 0 heterocycles. The maximum atomic E-state index is 8.07. The third-order valence-electron chi connectivity index (χ3n) is 0.512. The van der Waals surface area contributed by atoms with Gasteiger partial charge in [0.1, 0.15) is 0 Å². The molecule has 1 N–H and O–H groups in total. The molecule has 0 spiro atoms. The third kappa shape index (κ3) is 8.85. The summed E-state index contributed by atoms with van der Waals surface area (Å²) >= 11 is 0. The standard InChI is InChI=1S/C4H10O.H2S/c1-2-3-4-5;/h5H,2-4H2,1H3;1H2. The first-order chi connectivity index (χ1) is 2.41. The molecule has 0 saturated carbocycles. The number of hydrogen-bond acceptors (Lipinski definition) is 1. The molecule has 0 aliphatic carbocycles. The van der Waals surface area contributed by atoms with Gasteiger partial charge in [-0.1, -0.05) is 13.3 Å². The average Bonchev–Trinajstić information content (AvgIpc) is 1.41. The Balaban J connectivity index is 0. The quantitative estimate of drug-likeness (QED) is 0.557. The Kier molecular flexibility index (Phi) is 14.4. The molecule has 0 bridgehead atoms. The van der Waals surface area contributed by atoms with Gasteiger partial charge in [0.2, 0.25) is 0 Å². The second-order valence-electron chi connectivity index (χ2n) is 1.08. The molecular formula is C4H12OS. The fraction of sp³-hybridized carbons (Fsp3) is 1.00. The maximum absolute atomic E-state index is 8.07. The van der Waals surface area contributed by atoms with E-state index in [1.54, 1.807) is 0 Å². The number of unbranched alkanes of at least 4 members (excludes halogenated alkanes) is 1. The molecule has 0 radical (unpaired) electrons. The molecule has 0 aromatic heterocycles. The lowest BCUT2D eigenvalue weighted by molar-refractivity contribution is 0.287. The molecule has 0 aromatic rings. The van der Waals surface area contributed by atoms with Gasteiger partial charge in [0.05, 0.1) is 0 Å². The van der Waals surface area contributed by atoms with Gasteiger partial charge in [0.25, 0.3) is 0 Å². The third-order valence-corrected chi connectivity index (χ3v) is 0.512. The molecule has 0 aliphatic rings. The summed E-state index contributed by atoms with van der Waals surface area (Å²) < 4.78 is 0. The topological polar surface area (TPSA) is 20.2 Å². The monoisotopic (exact) mass is 108 g/mol. The van der Waals surface area contributed by atoms with Gasteiger partial charge >= 0.3 is 0 Å². The van der Waals surface area contributed by atoms with Gasteiger partial charge in [-0.25, -0.2) is 0 Å². The minimum Gasteiger partial charge on any atom is -0.396 e. The van der Waals surface area contributed by atoms with Crippen molar-refractivity contribution in [2.45, 2.75) is 19.8 Å². The van der Waals surface area contributed by atoms with Gasteiger partial charge in [-0.05, 0) is 6.42 Å². The first-order valence-electron chi connectivity index (χ1n) is 2.02. The fourth-order valence-electron chi connectivity index (χ4n) is 0.158. The van der Waals surface area contributed by atoms with Crippen LogP contribution in [0.2, 0.25) is 0 Å². The molecule has 0 rings (SSSR count). The Bertz CT molecular complexity index is 15.0. The zero-order valence-electron chi connectivity index (χ0n) is 4.07. The summed E-state index contributed by atoms with van der Waals surface area (Å²) in [5.41, 5.74) is 0. The van der Waals surface area contributed by atoms with Crippen LogP contribution in [0.1, 0.15) is 19.8 Å². The lowest BCUT2D eigenvalue weighted by Gasteiger charge is -1.79. The second-order valence-corrected chi connectivity index (χ2v) is 1.08. The highest BCUT2D eigenvalue weighted by Gasteiger charge is 1.69. The predicted octanol–water partition coefficient (Wildman–Crippen LogP) is 0.892. The van der Waals surface area contributed by atoms with Gasteiger partial charge < -0.3 is 5.11 Å². The summed E-state index contributed by atoms with van der Waals surface area (Å²) in [6, 6.07) is 0. The van der Waals surface area contributed by atoms with Crippen molar-refractivity contribution in [1.29, 1.82) is 0 Å². The van der Waals surface area contributed by atoms with Crippen molar-refractivity contribution in [3.8, 4) is 0 Å². The fourth-order valence-corrected chi connectivity index (χ4v) is 0.158. The summed E-state index contributed by atoms with van der Waals surface area (Å²) in [5.74, 6) is 0. The normalized spacial score (nSPS) is 7.00. The van der Waals surface area contributed by atoms with Gasteiger partial charge in [-0.15, -0.1) is 0 Å². The Morgan fingerprint density at radius 2 is 2.00 bits per heavy atom. The lowest BCUT2D eigenvalue weighted by Crippen LogP contribution is -1.75. The molecule has 0 fully saturated rings. The van der Waals surface area contributed by atoms with Crippen LogP contribution >= 0.6 is 13.5 Å². The number of aliphatic hydroxyl groups is 1. The van der Waals surface area contributed by atoms with Gasteiger partial charge in [-0.2, -0.15) is 13.5 Å². The molecule has 2 heteroatoms. The van der Waals surface area contributed by atoms with Crippen LogP contribution in [0.25, 0.3) is 0 Å². The molecule has 0 amide bonds. The number of hydrogen-bond donors (Lipinski definition) is 1. The van der Waals surface area contributed by atoms with Crippen molar-refractivity contribution < 1.29 is 5.11 Å². The van der Waals surface area contributed by atoms with E-state index < -0.39 is 0 Å². The molecule has 0 aliphatic heterocycles. The summed E-state index contributed by atoms with van der Waals surface area (Å²) in [6.07, 6.45) is 2.04. The van der Waals surface area contributed by atoms with Crippen LogP contribution < -0.4 is 0 Å².